The van der Waals surface area contributed by atoms with E-state index in [1.165, 1.54) is 5.56 Å². The Hall–Kier alpha value is -2.70. The summed E-state index contributed by atoms with van der Waals surface area (Å²) in [5.41, 5.74) is 4.07. The van der Waals surface area contributed by atoms with E-state index < -0.39 is 0 Å². The zero-order chi connectivity index (χ0) is 19.3. The predicted octanol–water partition coefficient (Wildman–Crippen LogP) is 5.88. The molecular weight excluding hydrogens is 386 g/mol. The third-order valence-electron chi connectivity index (χ3n) is 4.24. The predicted molar refractivity (Wildman–Crippen MR) is 116 cm³/mol. The Morgan fingerprint density at radius 1 is 0.929 bits per heavy atom. The molecule has 4 nitrogen and oxygen atoms in total. The molecule has 0 bridgehead atoms. The van der Waals surface area contributed by atoms with Gasteiger partial charge in [-0.25, -0.2) is 4.98 Å². The van der Waals surface area contributed by atoms with Gasteiger partial charge in [-0.1, -0.05) is 54.2 Å². The highest BCUT2D eigenvalue weighted by molar-refractivity contribution is 7.98. The van der Waals surface area contributed by atoms with Gasteiger partial charge in [0, 0.05) is 5.75 Å². The van der Waals surface area contributed by atoms with Crippen LogP contribution in [-0.2, 0) is 5.75 Å². The molecular formula is C22H19N3OS2. The molecule has 2 aromatic heterocycles. The first-order valence-corrected chi connectivity index (χ1v) is 10.7. The largest absolute Gasteiger partial charge is 0.496 e. The number of aryl methyl sites for hydroxylation is 1. The van der Waals surface area contributed by atoms with E-state index in [1.54, 1.807) is 30.2 Å². The smallest absolute Gasteiger partial charge is 0.129 e. The molecule has 4 rings (SSSR count). The minimum atomic E-state index is 0.821. The summed E-state index contributed by atoms with van der Waals surface area (Å²) in [5, 5.41) is 10.7. The third kappa shape index (κ3) is 4.08. The van der Waals surface area contributed by atoms with E-state index in [1.807, 2.05) is 49.4 Å². The van der Waals surface area contributed by atoms with Crippen molar-refractivity contribution in [1.82, 2.24) is 15.2 Å². The lowest BCUT2D eigenvalue weighted by molar-refractivity contribution is 0.416. The number of rotatable bonds is 6. The highest BCUT2D eigenvalue weighted by atomic mass is 32.2. The number of thiazole rings is 1. The second kappa shape index (κ2) is 8.54. The highest BCUT2D eigenvalue weighted by Crippen LogP contribution is 2.38. The maximum atomic E-state index is 5.47. The SMILES string of the molecule is COc1ccccc1-c1nc(C)c(-c2ccc(SCc3ccccc3)nn2)s1. The number of thioether (sulfide) groups is 1. The molecule has 140 valence electrons. The number of nitrogens with zero attached hydrogens (tertiary/aromatic N) is 3. The van der Waals surface area contributed by atoms with Crippen LogP contribution in [0.5, 0.6) is 5.75 Å². The molecule has 2 aromatic carbocycles. The average molecular weight is 406 g/mol. The molecule has 2 heterocycles. The first-order chi connectivity index (χ1) is 13.7. The van der Waals surface area contributed by atoms with Crippen LogP contribution < -0.4 is 4.74 Å². The van der Waals surface area contributed by atoms with Crippen LogP contribution in [0.25, 0.3) is 21.1 Å². The van der Waals surface area contributed by atoms with Gasteiger partial charge in [0.25, 0.3) is 0 Å². The first-order valence-electron chi connectivity index (χ1n) is 8.86. The van der Waals surface area contributed by atoms with Gasteiger partial charge >= 0.3 is 0 Å². The quantitative estimate of drug-likeness (QED) is 0.375. The normalized spacial score (nSPS) is 10.8. The van der Waals surface area contributed by atoms with Gasteiger partial charge in [-0.15, -0.1) is 21.5 Å². The van der Waals surface area contributed by atoms with E-state index in [0.717, 1.165) is 43.4 Å². The molecule has 0 saturated heterocycles. The van der Waals surface area contributed by atoms with E-state index in [9.17, 15) is 0 Å². The molecule has 28 heavy (non-hydrogen) atoms. The van der Waals surface area contributed by atoms with Crippen molar-refractivity contribution in [3.8, 4) is 26.9 Å². The van der Waals surface area contributed by atoms with Crippen molar-refractivity contribution in [3.05, 3.63) is 78.0 Å². The van der Waals surface area contributed by atoms with Crippen molar-refractivity contribution in [2.24, 2.45) is 0 Å². The van der Waals surface area contributed by atoms with Crippen LogP contribution in [0.3, 0.4) is 0 Å². The van der Waals surface area contributed by atoms with E-state index in [0.29, 0.717) is 0 Å². The van der Waals surface area contributed by atoms with Crippen LogP contribution in [0.1, 0.15) is 11.3 Å². The van der Waals surface area contributed by atoms with Crippen LogP contribution in [0.15, 0.2) is 71.8 Å². The van der Waals surface area contributed by atoms with Crippen LogP contribution in [0.4, 0.5) is 0 Å². The Kier molecular flexibility index (Phi) is 5.69. The van der Waals surface area contributed by atoms with E-state index in [-0.39, 0.29) is 0 Å². The van der Waals surface area contributed by atoms with Crippen LogP contribution in [0, 0.1) is 6.92 Å². The zero-order valence-corrected chi connectivity index (χ0v) is 17.3. The number of ether oxygens (including phenoxy) is 1. The molecule has 0 spiro atoms. The molecule has 0 amide bonds. The minimum absolute atomic E-state index is 0.821. The van der Waals surface area contributed by atoms with Gasteiger partial charge in [0.1, 0.15) is 21.5 Å². The van der Waals surface area contributed by atoms with Gasteiger partial charge in [0.15, 0.2) is 0 Å². The van der Waals surface area contributed by atoms with Gasteiger partial charge < -0.3 is 4.74 Å². The highest BCUT2D eigenvalue weighted by Gasteiger charge is 2.15. The van der Waals surface area contributed by atoms with Crippen molar-refractivity contribution >= 4 is 23.1 Å². The Morgan fingerprint density at radius 3 is 2.46 bits per heavy atom. The summed E-state index contributed by atoms with van der Waals surface area (Å²) in [6, 6.07) is 22.3. The van der Waals surface area contributed by atoms with Crippen LogP contribution in [0.2, 0.25) is 0 Å². The summed E-state index contributed by atoms with van der Waals surface area (Å²) < 4.78 is 5.47. The van der Waals surface area contributed by atoms with E-state index in [4.69, 9.17) is 9.72 Å². The van der Waals surface area contributed by atoms with Crippen molar-refractivity contribution in [3.63, 3.8) is 0 Å². The number of methoxy groups -OCH3 is 1. The van der Waals surface area contributed by atoms with Crippen molar-refractivity contribution in [1.29, 1.82) is 0 Å². The molecule has 0 atom stereocenters. The summed E-state index contributed by atoms with van der Waals surface area (Å²) in [7, 11) is 1.68. The first kappa shape index (κ1) is 18.7. The monoisotopic (exact) mass is 405 g/mol. The zero-order valence-electron chi connectivity index (χ0n) is 15.6. The Labute approximate surface area is 172 Å². The molecule has 0 radical (unpaired) electrons. The number of benzene rings is 2. The number of aromatic nitrogens is 3. The van der Waals surface area contributed by atoms with Gasteiger partial charge in [-0.2, -0.15) is 0 Å². The summed E-state index contributed by atoms with van der Waals surface area (Å²) in [6.45, 7) is 2.00. The van der Waals surface area contributed by atoms with Crippen LogP contribution in [-0.4, -0.2) is 22.3 Å². The maximum Gasteiger partial charge on any atom is 0.129 e. The van der Waals surface area contributed by atoms with Crippen molar-refractivity contribution in [2.45, 2.75) is 17.7 Å². The summed E-state index contributed by atoms with van der Waals surface area (Å²) >= 11 is 3.30. The number of para-hydroxylation sites is 1. The summed E-state index contributed by atoms with van der Waals surface area (Å²) in [5.74, 6) is 1.70. The maximum absolute atomic E-state index is 5.47. The molecule has 0 fully saturated rings. The van der Waals surface area contributed by atoms with E-state index in [2.05, 4.69) is 34.5 Å². The minimum Gasteiger partial charge on any atom is -0.496 e. The molecule has 0 aliphatic carbocycles. The van der Waals surface area contributed by atoms with E-state index >= 15 is 0 Å². The standard InChI is InChI=1S/C22H19N3OS2/c1-15-21(28-22(23-15)17-10-6-7-11-19(17)26-2)18-12-13-20(25-24-18)27-14-16-8-4-3-5-9-16/h3-13H,14H2,1-2H3. The lowest BCUT2D eigenvalue weighted by Gasteiger charge is -2.04. The Bertz CT molecular complexity index is 1060. The second-order valence-corrected chi connectivity index (χ2v) is 8.16. The molecule has 0 saturated carbocycles. The fourth-order valence-electron chi connectivity index (χ4n) is 2.82. The Balaban J connectivity index is 1.54. The lowest BCUT2D eigenvalue weighted by atomic mass is 10.2. The van der Waals surface area contributed by atoms with Gasteiger partial charge in [0.2, 0.25) is 0 Å². The fourth-order valence-corrected chi connectivity index (χ4v) is 4.65. The molecule has 0 aliphatic rings. The molecule has 6 heteroatoms. The van der Waals surface area contributed by atoms with Crippen molar-refractivity contribution < 1.29 is 4.74 Å². The molecule has 0 N–H and O–H groups in total. The summed E-state index contributed by atoms with van der Waals surface area (Å²) in [6.07, 6.45) is 0. The fraction of sp³-hybridized carbons (Fsp3) is 0.136. The van der Waals surface area contributed by atoms with Crippen molar-refractivity contribution in [2.75, 3.05) is 7.11 Å². The van der Waals surface area contributed by atoms with Gasteiger partial charge in [-0.05, 0) is 36.8 Å². The molecule has 0 aliphatic heterocycles. The lowest BCUT2D eigenvalue weighted by Crippen LogP contribution is -1.90. The number of hydrogen-bond donors (Lipinski definition) is 0. The number of hydrogen-bond acceptors (Lipinski definition) is 6. The van der Waals surface area contributed by atoms with Gasteiger partial charge in [-0.3, -0.25) is 0 Å². The molecule has 0 unspecified atom stereocenters. The van der Waals surface area contributed by atoms with Crippen LogP contribution >= 0.6 is 23.1 Å². The average Bonchev–Trinajstić information content (AvgIpc) is 3.15. The van der Waals surface area contributed by atoms with Gasteiger partial charge in [0.05, 0.1) is 23.2 Å². The summed E-state index contributed by atoms with van der Waals surface area (Å²) in [4.78, 5) is 5.77. The second-order valence-electron chi connectivity index (χ2n) is 6.16. The Morgan fingerprint density at radius 2 is 1.71 bits per heavy atom. The third-order valence-corrected chi connectivity index (χ3v) is 6.44. The topological polar surface area (TPSA) is 47.9 Å². The molecule has 4 aromatic rings.